The van der Waals surface area contributed by atoms with Crippen LogP contribution in [0.5, 0.6) is 0 Å². The van der Waals surface area contributed by atoms with Gasteiger partial charge in [0.2, 0.25) is 5.60 Å². The Labute approximate surface area is 110 Å². The molecule has 0 aromatic rings. The van der Waals surface area contributed by atoms with E-state index >= 15 is 0 Å². The summed E-state index contributed by atoms with van der Waals surface area (Å²) in [5.41, 5.74) is -1.72. The van der Waals surface area contributed by atoms with Gasteiger partial charge in [0.05, 0.1) is 6.61 Å². The Morgan fingerprint density at radius 2 is 2.00 bits per heavy atom. The largest absolute Gasteiger partial charge is 0.505 e. The Balaban J connectivity index is 2.41. The molecular formula is C12H18O7. The van der Waals surface area contributed by atoms with Crippen LogP contribution >= 0.6 is 0 Å². The second-order valence-electron chi connectivity index (χ2n) is 4.98. The van der Waals surface area contributed by atoms with Crippen molar-refractivity contribution in [3.8, 4) is 0 Å². The van der Waals surface area contributed by atoms with Crippen LogP contribution in [0.2, 0.25) is 0 Å². The molecular weight excluding hydrogens is 256 g/mol. The molecule has 1 saturated carbocycles. The lowest BCUT2D eigenvalue weighted by molar-refractivity contribution is -0.211. The molecule has 4 N–H and O–H groups in total. The van der Waals surface area contributed by atoms with Gasteiger partial charge < -0.3 is 24.9 Å². The topological polar surface area (TPSA) is 116 Å². The molecule has 19 heavy (non-hydrogen) atoms. The molecule has 7 heteroatoms. The van der Waals surface area contributed by atoms with Gasteiger partial charge in [-0.25, -0.2) is 10.1 Å². The predicted molar refractivity (Wildman–Crippen MR) is 61.9 cm³/mol. The summed E-state index contributed by atoms with van der Waals surface area (Å²) in [4.78, 5) is 15.4. The van der Waals surface area contributed by atoms with E-state index in [1.54, 1.807) is 0 Å². The summed E-state index contributed by atoms with van der Waals surface area (Å²) in [5.74, 6) is -2.73. The second-order valence-corrected chi connectivity index (χ2v) is 4.98. The molecule has 1 heterocycles. The van der Waals surface area contributed by atoms with Crippen LogP contribution in [0.4, 0.5) is 0 Å². The third kappa shape index (κ3) is 2.07. The van der Waals surface area contributed by atoms with Gasteiger partial charge in [-0.15, -0.1) is 0 Å². The molecule has 2 aliphatic rings. The standard InChI is InChI=1S/C12H18O7/c13-6-8(14)12(7-4-2-1-3-5-7)10(15)9(19-17)11(16)18-12/h7-8,13-15,17H,1-6H2/t8-,12+/m0/s1. The number of cyclic esters (lactones) is 1. The highest BCUT2D eigenvalue weighted by atomic mass is 17.1. The zero-order chi connectivity index (χ0) is 14.0. The lowest BCUT2D eigenvalue weighted by Crippen LogP contribution is -2.53. The number of rotatable bonds is 4. The van der Waals surface area contributed by atoms with Gasteiger partial charge in [-0.3, -0.25) is 0 Å². The van der Waals surface area contributed by atoms with E-state index in [4.69, 9.17) is 9.99 Å². The van der Waals surface area contributed by atoms with Crippen molar-refractivity contribution in [1.82, 2.24) is 0 Å². The molecule has 0 radical (unpaired) electrons. The van der Waals surface area contributed by atoms with E-state index in [2.05, 4.69) is 4.89 Å². The molecule has 108 valence electrons. The van der Waals surface area contributed by atoms with Crippen LogP contribution in [0.15, 0.2) is 11.5 Å². The zero-order valence-electron chi connectivity index (χ0n) is 10.4. The number of hydrogen-bond donors (Lipinski definition) is 4. The van der Waals surface area contributed by atoms with Gasteiger partial charge in [-0.1, -0.05) is 19.3 Å². The zero-order valence-corrected chi connectivity index (χ0v) is 10.4. The van der Waals surface area contributed by atoms with Crippen LogP contribution in [0.3, 0.4) is 0 Å². The number of carbonyl (C=O) groups excluding carboxylic acids is 1. The molecule has 7 nitrogen and oxygen atoms in total. The third-order valence-corrected chi connectivity index (χ3v) is 4.00. The molecule has 0 saturated heterocycles. The quantitative estimate of drug-likeness (QED) is 0.334. The average molecular weight is 274 g/mol. The highest BCUT2D eigenvalue weighted by molar-refractivity contribution is 5.90. The summed E-state index contributed by atoms with van der Waals surface area (Å²) in [6.07, 6.45) is 2.62. The van der Waals surface area contributed by atoms with Crippen LogP contribution < -0.4 is 0 Å². The van der Waals surface area contributed by atoms with Gasteiger partial charge in [0.15, 0.2) is 5.76 Å². The summed E-state index contributed by atoms with van der Waals surface area (Å²) in [6.45, 7) is -0.674. The SMILES string of the molecule is O=C1O[C@](C2CCCCC2)([C@@H](O)CO)C(O)=C1OO. The van der Waals surface area contributed by atoms with E-state index in [0.717, 1.165) is 19.3 Å². The molecule has 1 aliphatic heterocycles. The fourth-order valence-corrected chi connectivity index (χ4v) is 3.04. The molecule has 2 atom stereocenters. The maximum absolute atomic E-state index is 11.6. The summed E-state index contributed by atoms with van der Waals surface area (Å²) < 4.78 is 5.10. The van der Waals surface area contributed by atoms with Crippen molar-refractivity contribution in [3.05, 3.63) is 11.5 Å². The molecule has 1 fully saturated rings. The highest BCUT2D eigenvalue weighted by Crippen LogP contribution is 2.46. The van der Waals surface area contributed by atoms with Crippen LogP contribution in [-0.4, -0.2) is 44.9 Å². The van der Waals surface area contributed by atoms with E-state index in [-0.39, 0.29) is 5.92 Å². The lowest BCUT2D eigenvalue weighted by atomic mass is 9.73. The molecule has 0 bridgehead atoms. The van der Waals surface area contributed by atoms with Gasteiger partial charge in [-0.2, -0.15) is 0 Å². The van der Waals surface area contributed by atoms with Gasteiger partial charge >= 0.3 is 5.97 Å². The van der Waals surface area contributed by atoms with Gasteiger partial charge in [0.1, 0.15) is 6.10 Å². The Bertz CT molecular complexity index is 386. The van der Waals surface area contributed by atoms with Crippen molar-refractivity contribution >= 4 is 5.97 Å². The van der Waals surface area contributed by atoms with E-state index in [0.29, 0.717) is 12.8 Å². The molecule has 2 rings (SSSR count). The number of aliphatic hydroxyl groups excluding tert-OH is 3. The van der Waals surface area contributed by atoms with E-state index in [1.165, 1.54) is 0 Å². The highest BCUT2D eigenvalue weighted by Gasteiger charge is 2.59. The van der Waals surface area contributed by atoms with Crippen molar-refractivity contribution in [1.29, 1.82) is 0 Å². The van der Waals surface area contributed by atoms with Crippen molar-refractivity contribution < 1.29 is 35.0 Å². The average Bonchev–Trinajstić information content (AvgIpc) is 2.70. The van der Waals surface area contributed by atoms with Crippen molar-refractivity contribution in [2.24, 2.45) is 5.92 Å². The number of esters is 1. The molecule has 0 amide bonds. The fraction of sp³-hybridized carbons (Fsp3) is 0.750. The van der Waals surface area contributed by atoms with E-state index in [1.807, 2.05) is 0 Å². The first-order valence-electron chi connectivity index (χ1n) is 6.35. The number of aliphatic hydroxyl groups is 3. The van der Waals surface area contributed by atoms with Gasteiger partial charge in [-0.05, 0) is 12.8 Å². The monoisotopic (exact) mass is 274 g/mol. The van der Waals surface area contributed by atoms with Crippen molar-refractivity contribution in [2.75, 3.05) is 6.61 Å². The summed E-state index contributed by atoms with van der Waals surface area (Å²) in [7, 11) is 0. The second kappa shape index (κ2) is 5.36. The summed E-state index contributed by atoms with van der Waals surface area (Å²) >= 11 is 0. The first-order valence-corrected chi connectivity index (χ1v) is 6.35. The Hall–Kier alpha value is -1.31. The molecule has 0 aromatic carbocycles. The van der Waals surface area contributed by atoms with Gasteiger partial charge in [0.25, 0.3) is 5.76 Å². The minimum absolute atomic E-state index is 0.319. The summed E-state index contributed by atoms with van der Waals surface area (Å²) in [6, 6.07) is 0. The number of hydrogen-bond acceptors (Lipinski definition) is 7. The minimum atomic E-state index is -1.72. The number of ether oxygens (including phenoxy) is 1. The molecule has 1 aliphatic carbocycles. The maximum atomic E-state index is 11.6. The normalized spacial score (nSPS) is 30.4. The minimum Gasteiger partial charge on any atom is -0.505 e. The lowest BCUT2D eigenvalue weighted by Gasteiger charge is -2.40. The third-order valence-electron chi connectivity index (χ3n) is 4.00. The van der Waals surface area contributed by atoms with Crippen LogP contribution in [0, 0.1) is 5.92 Å². The van der Waals surface area contributed by atoms with E-state index < -0.39 is 35.8 Å². The van der Waals surface area contributed by atoms with Crippen LogP contribution in [0.25, 0.3) is 0 Å². The van der Waals surface area contributed by atoms with Crippen LogP contribution in [0.1, 0.15) is 32.1 Å². The van der Waals surface area contributed by atoms with Gasteiger partial charge in [0, 0.05) is 5.92 Å². The Morgan fingerprint density at radius 1 is 1.37 bits per heavy atom. The first kappa shape index (κ1) is 14.1. The molecule has 0 spiro atoms. The summed E-state index contributed by atoms with van der Waals surface area (Å²) in [5, 5.41) is 37.9. The Morgan fingerprint density at radius 3 is 2.47 bits per heavy atom. The van der Waals surface area contributed by atoms with E-state index in [9.17, 15) is 20.1 Å². The molecule has 0 aromatic heterocycles. The van der Waals surface area contributed by atoms with Crippen LogP contribution in [-0.2, 0) is 14.4 Å². The maximum Gasteiger partial charge on any atom is 0.382 e. The Kier molecular flexibility index (Phi) is 3.98. The number of carbonyl (C=O) groups is 1. The van der Waals surface area contributed by atoms with Crippen molar-refractivity contribution in [2.45, 2.75) is 43.8 Å². The molecule has 0 unspecified atom stereocenters. The predicted octanol–water partition coefficient (Wildman–Crippen LogP) is 0.475. The smallest absolute Gasteiger partial charge is 0.382 e. The first-order chi connectivity index (χ1) is 9.07. The fourth-order valence-electron chi connectivity index (χ4n) is 3.04. The van der Waals surface area contributed by atoms with Crippen molar-refractivity contribution in [3.63, 3.8) is 0 Å².